The Morgan fingerprint density at radius 3 is 2.59 bits per heavy atom. The maximum atomic E-state index is 15.8. The molecule has 2 aromatic carbocycles. The molecule has 0 amide bonds. The van der Waals surface area contributed by atoms with Crippen molar-refractivity contribution in [2.45, 2.75) is 58.2 Å². The van der Waals surface area contributed by atoms with Gasteiger partial charge in [-0.25, -0.2) is 8.78 Å². The van der Waals surface area contributed by atoms with Gasteiger partial charge in [-0.2, -0.15) is 0 Å². The highest BCUT2D eigenvalue weighted by atomic mass is 19.1. The van der Waals surface area contributed by atoms with Crippen LogP contribution in [0.15, 0.2) is 36.4 Å². The first kappa shape index (κ1) is 25.7. The minimum atomic E-state index is -0.928. The van der Waals surface area contributed by atoms with Crippen LogP contribution in [0.1, 0.15) is 56.5 Å². The molecule has 0 aliphatic carbocycles. The first-order valence-electron chi connectivity index (χ1n) is 13.3. The largest absolute Gasteiger partial charge is 0.481 e. The van der Waals surface area contributed by atoms with Crippen LogP contribution in [0.2, 0.25) is 0 Å². The summed E-state index contributed by atoms with van der Waals surface area (Å²) in [5, 5.41) is 13.9. The van der Waals surface area contributed by atoms with Gasteiger partial charge in [0.15, 0.2) is 0 Å². The Kier molecular flexibility index (Phi) is 7.23. The molecule has 0 bridgehead atoms. The molecule has 37 heavy (non-hydrogen) atoms. The van der Waals surface area contributed by atoms with Gasteiger partial charge in [0.25, 0.3) is 0 Å². The zero-order chi connectivity index (χ0) is 26.3. The average Bonchev–Trinajstić information content (AvgIpc) is 3.19. The first-order valence-corrected chi connectivity index (χ1v) is 13.3. The zero-order valence-corrected chi connectivity index (χ0v) is 21.7. The lowest BCUT2D eigenvalue weighted by Gasteiger charge is -2.42. The van der Waals surface area contributed by atoms with Gasteiger partial charge in [0.2, 0.25) is 0 Å². The summed E-state index contributed by atoms with van der Waals surface area (Å²) in [6.07, 6.45) is 2.96. The number of anilines is 1. The van der Waals surface area contributed by atoms with E-state index in [-0.39, 0.29) is 24.2 Å². The van der Waals surface area contributed by atoms with Crippen LogP contribution in [0.3, 0.4) is 0 Å². The number of carboxylic acids is 1. The number of benzene rings is 2. The third-order valence-electron chi connectivity index (χ3n) is 7.93. The summed E-state index contributed by atoms with van der Waals surface area (Å²) in [5.41, 5.74) is 3.08. The number of fused-ring (bicyclic) bond motifs is 3. The Morgan fingerprint density at radius 2 is 1.92 bits per heavy atom. The Morgan fingerprint density at radius 1 is 1.22 bits per heavy atom. The van der Waals surface area contributed by atoms with E-state index in [4.69, 9.17) is 0 Å². The molecule has 1 fully saturated rings. The number of halogens is 2. The van der Waals surface area contributed by atoms with Crippen molar-refractivity contribution in [1.29, 1.82) is 0 Å². The van der Waals surface area contributed by atoms with Crippen molar-refractivity contribution in [1.82, 2.24) is 14.8 Å². The molecule has 2 aliphatic rings. The van der Waals surface area contributed by atoms with E-state index in [1.807, 2.05) is 36.1 Å². The molecule has 8 heteroatoms. The molecule has 3 heterocycles. The van der Waals surface area contributed by atoms with E-state index >= 15 is 8.78 Å². The fraction of sp³-hybridized carbons (Fsp3) is 0.483. The number of hydrogen-bond donors (Lipinski definition) is 3. The number of aromatic amines is 1. The van der Waals surface area contributed by atoms with E-state index in [1.54, 1.807) is 6.92 Å². The highest BCUT2D eigenvalue weighted by molar-refractivity contribution is 5.85. The predicted molar refractivity (Wildman–Crippen MR) is 142 cm³/mol. The monoisotopic (exact) mass is 510 g/mol. The Balaban J connectivity index is 1.49. The van der Waals surface area contributed by atoms with E-state index in [1.165, 1.54) is 12.1 Å². The summed E-state index contributed by atoms with van der Waals surface area (Å²) in [5.74, 6) is -2.86. The number of carbonyl (C=O) groups is 1. The van der Waals surface area contributed by atoms with Crippen molar-refractivity contribution in [2.75, 3.05) is 31.5 Å². The second kappa shape index (κ2) is 10.4. The van der Waals surface area contributed by atoms with Crippen molar-refractivity contribution in [2.24, 2.45) is 5.92 Å². The van der Waals surface area contributed by atoms with Crippen molar-refractivity contribution in [3.8, 4) is 0 Å². The van der Waals surface area contributed by atoms with E-state index in [0.717, 1.165) is 54.6 Å². The van der Waals surface area contributed by atoms with Crippen LogP contribution in [-0.2, 0) is 11.2 Å². The highest BCUT2D eigenvalue weighted by Crippen LogP contribution is 2.43. The summed E-state index contributed by atoms with van der Waals surface area (Å²) in [6, 6.07) is 9.95. The Bertz CT molecular complexity index is 1260. The number of nitrogens with one attached hydrogen (secondary N) is 2. The van der Waals surface area contributed by atoms with Gasteiger partial charge in [-0.05, 0) is 50.1 Å². The maximum absolute atomic E-state index is 15.8. The van der Waals surface area contributed by atoms with Gasteiger partial charge in [-0.3, -0.25) is 14.6 Å². The first-order chi connectivity index (χ1) is 17.8. The number of unbranched alkanes of at least 4 members (excludes halogenated alkanes) is 1. The van der Waals surface area contributed by atoms with Crippen LogP contribution in [0, 0.1) is 17.6 Å². The number of H-pyrrole nitrogens is 1. The Hall–Kier alpha value is -2.97. The fourth-order valence-electron chi connectivity index (χ4n) is 5.89. The minimum absolute atomic E-state index is 0.0410. The second-order valence-electron chi connectivity index (χ2n) is 10.8. The predicted octanol–water partition coefficient (Wildman–Crippen LogP) is 5.40. The quantitative estimate of drug-likeness (QED) is 0.360. The summed E-state index contributed by atoms with van der Waals surface area (Å²) in [4.78, 5) is 19.4. The molecule has 3 aromatic rings. The lowest BCUT2D eigenvalue weighted by molar-refractivity contribution is -0.142. The molecule has 2 aliphatic heterocycles. The smallest absolute Gasteiger partial charge is 0.307 e. The molecule has 3 N–H and O–H groups in total. The summed E-state index contributed by atoms with van der Waals surface area (Å²) in [7, 11) is 0. The summed E-state index contributed by atoms with van der Waals surface area (Å²) in [6.45, 7) is 8.76. The average molecular weight is 511 g/mol. The van der Waals surface area contributed by atoms with Crippen molar-refractivity contribution >= 4 is 22.6 Å². The molecule has 3 atom stereocenters. The van der Waals surface area contributed by atoms with Gasteiger partial charge in [0.1, 0.15) is 11.6 Å². The van der Waals surface area contributed by atoms with Gasteiger partial charge in [0, 0.05) is 53.5 Å². The molecule has 0 radical (unpaired) electrons. The second-order valence-corrected chi connectivity index (χ2v) is 10.8. The van der Waals surface area contributed by atoms with Crippen LogP contribution in [0.4, 0.5) is 14.5 Å². The molecule has 0 saturated carbocycles. The molecule has 1 saturated heterocycles. The van der Waals surface area contributed by atoms with Crippen LogP contribution in [0.5, 0.6) is 0 Å². The number of carboxylic acid groups (broad SMARTS) is 1. The van der Waals surface area contributed by atoms with Gasteiger partial charge < -0.3 is 15.4 Å². The number of nitrogens with zero attached hydrogens (tertiary/aromatic N) is 2. The van der Waals surface area contributed by atoms with Gasteiger partial charge >= 0.3 is 5.97 Å². The summed E-state index contributed by atoms with van der Waals surface area (Å²) >= 11 is 0. The lowest BCUT2D eigenvalue weighted by Crippen LogP contribution is -2.54. The molecule has 0 spiro atoms. The van der Waals surface area contributed by atoms with E-state index in [2.05, 4.69) is 22.1 Å². The topological polar surface area (TPSA) is 71.6 Å². The van der Waals surface area contributed by atoms with Gasteiger partial charge in [-0.1, -0.05) is 38.5 Å². The third-order valence-corrected chi connectivity index (χ3v) is 7.93. The van der Waals surface area contributed by atoms with Crippen LogP contribution in [0.25, 0.3) is 10.9 Å². The molecule has 198 valence electrons. The molecular weight excluding hydrogens is 474 g/mol. The highest BCUT2D eigenvalue weighted by Gasteiger charge is 2.40. The van der Waals surface area contributed by atoms with E-state index < -0.39 is 29.6 Å². The van der Waals surface area contributed by atoms with Crippen molar-refractivity contribution in [3.05, 3.63) is 64.9 Å². The molecule has 5 rings (SSSR count). The van der Waals surface area contributed by atoms with Gasteiger partial charge in [0.05, 0.1) is 18.0 Å². The van der Waals surface area contributed by atoms with Crippen molar-refractivity contribution in [3.63, 3.8) is 0 Å². The molecule has 0 unspecified atom stereocenters. The van der Waals surface area contributed by atoms with Crippen LogP contribution < -0.4 is 5.32 Å². The fourth-order valence-corrected chi connectivity index (χ4v) is 5.89. The molecule has 6 nitrogen and oxygen atoms in total. The summed E-state index contributed by atoms with van der Waals surface area (Å²) < 4.78 is 31.6. The maximum Gasteiger partial charge on any atom is 0.307 e. The number of likely N-dealkylation sites (tertiary alicyclic amines) is 1. The van der Waals surface area contributed by atoms with E-state index in [9.17, 15) is 9.90 Å². The SMILES string of the molecule is CCCCN1CC(Nc2cc(F)c([C@@H]3c4[nH]c5ccccc5c4C[C@@H](C)N3C[C@H](C)C(=O)O)c(F)c2)C1. The zero-order valence-electron chi connectivity index (χ0n) is 21.7. The van der Waals surface area contributed by atoms with Crippen LogP contribution >= 0.6 is 0 Å². The number of aliphatic carboxylic acids is 1. The van der Waals surface area contributed by atoms with E-state index in [0.29, 0.717) is 12.1 Å². The Labute approximate surface area is 216 Å². The number of para-hydroxylation sites is 1. The lowest BCUT2D eigenvalue weighted by atomic mass is 9.87. The number of hydrogen-bond acceptors (Lipinski definition) is 4. The van der Waals surface area contributed by atoms with Gasteiger partial charge in [-0.15, -0.1) is 0 Å². The number of rotatable bonds is 9. The molecule has 1 aromatic heterocycles. The normalized spacial score (nSPS) is 21.5. The third kappa shape index (κ3) is 4.97. The van der Waals surface area contributed by atoms with Crippen molar-refractivity contribution < 1.29 is 18.7 Å². The standard InChI is InChI=1S/C29H36F2N4O2/c1-4-5-10-34-15-20(16-34)32-19-12-23(30)26(24(31)13-19)28-27-22(21-8-6-7-9-25(21)33-27)11-18(3)35(28)14-17(2)29(36)37/h6-9,12-13,17-18,20,28,32-33H,4-5,10-11,14-16H2,1-3H3,(H,36,37)/t17-,18+,28+/m0/s1. The minimum Gasteiger partial charge on any atom is -0.481 e. The molecular formula is C29H36F2N4O2. The number of aromatic nitrogens is 1. The van der Waals surface area contributed by atoms with Crippen LogP contribution in [-0.4, -0.2) is 64.1 Å².